The van der Waals surface area contributed by atoms with Crippen LogP contribution in [-0.2, 0) is 14.1 Å². The number of halogens is 2. The highest BCUT2D eigenvalue weighted by Crippen LogP contribution is 2.42. The van der Waals surface area contributed by atoms with Gasteiger partial charge in [-0.2, -0.15) is 0 Å². The zero-order chi connectivity index (χ0) is 29.3. The first-order valence-electron chi connectivity index (χ1n) is 13.1. The van der Waals surface area contributed by atoms with Crippen molar-refractivity contribution in [2.24, 2.45) is 0 Å². The van der Waals surface area contributed by atoms with Crippen molar-refractivity contribution in [3.63, 3.8) is 0 Å². The van der Waals surface area contributed by atoms with Gasteiger partial charge in [0.2, 0.25) is 0 Å². The first-order chi connectivity index (χ1) is 17.8. The molecule has 2 aliphatic rings. The lowest BCUT2D eigenvalue weighted by atomic mass is 9.88. The van der Waals surface area contributed by atoms with E-state index in [9.17, 15) is 9.18 Å². The lowest BCUT2D eigenvalue weighted by molar-refractivity contribution is -0.109. The zero-order valence-corrected chi connectivity index (χ0v) is 27.1. The number of thiophene rings is 1. The normalized spacial score (nSPS) is 23.3. The van der Waals surface area contributed by atoms with Crippen molar-refractivity contribution in [1.29, 1.82) is 0 Å². The van der Waals surface area contributed by atoms with E-state index in [0.717, 1.165) is 23.2 Å². The van der Waals surface area contributed by atoms with Crippen LogP contribution < -0.4 is 19.5 Å². The van der Waals surface area contributed by atoms with Crippen molar-refractivity contribution in [2.75, 3.05) is 24.9 Å². The van der Waals surface area contributed by atoms with Gasteiger partial charge in [-0.3, -0.25) is 9.44 Å². The summed E-state index contributed by atoms with van der Waals surface area (Å²) in [6, 6.07) is 8.80. The summed E-state index contributed by atoms with van der Waals surface area (Å²) < 4.78 is 32.9. The first kappa shape index (κ1) is 34.9. The van der Waals surface area contributed by atoms with Crippen LogP contribution in [0.2, 0.25) is 5.02 Å². The molecule has 0 saturated carbocycles. The van der Waals surface area contributed by atoms with Crippen molar-refractivity contribution >= 4 is 57.2 Å². The highest BCUT2D eigenvalue weighted by molar-refractivity contribution is 8.29. The molecule has 3 N–H and O–H groups in total. The van der Waals surface area contributed by atoms with Gasteiger partial charge in [0, 0.05) is 22.4 Å². The van der Waals surface area contributed by atoms with Crippen LogP contribution in [0, 0.1) is 5.82 Å². The average molecular weight is 590 g/mol. The number of hydrogen-bond acceptors (Lipinski definition) is 7. The molecular formula is C27H46BClFN3O3S2. The predicted molar refractivity (Wildman–Crippen MR) is 167 cm³/mol. The molecule has 2 unspecified atom stereocenters. The van der Waals surface area contributed by atoms with E-state index in [0.29, 0.717) is 0 Å². The van der Waals surface area contributed by atoms with Gasteiger partial charge >= 0.3 is 7.12 Å². The maximum Gasteiger partial charge on any atom is 0.505 e. The van der Waals surface area contributed by atoms with E-state index in [-0.39, 0.29) is 41.2 Å². The van der Waals surface area contributed by atoms with Crippen LogP contribution in [0.4, 0.5) is 10.1 Å². The standard InChI is InChI=1S/C16H27BN2O3S2.C7H7ClFN.2C2H6/c1-15(2)16(3,4)22-17(21-15)14-8-7-13(23-14)12-9-11(10-20)18-24(5,6)19-12;1-10-5-2-3-7(9)6(8)4-5;2*1-2/h7-8,10-12,18-19H,9H2,1-6H3;2-4,10H,1H3;2*1-2H3. The molecule has 0 radical (unpaired) electrons. The van der Waals surface area contributed by atoms with Crippen LogP contribution in [0.1, 0.15) is 72.7 Å². The minimum atomic E-state index is -1.18. The Bertz CT molecular complexity index is 1010. The molecule has 0 bridgehead atoms. The Kier molecular flexibility index (Phi) is 13.8. The molecule has 0 amide bonds. The van der Waals surface area contributed by atoms with Crippen LogP contribution in [0.5, 0.6) is 0 Å². The maximum absolute atomic E-state index is 12.5. The fraction of sp³-hybridized carbons (Fsp3) is 0.593. The third kappa shape index (κ3) is 9.22. The van der Waals surface area contributed by atoms with E-state index < -0.39 is 10.4 Å². The molecule has 0 spiro atoms. The van der Waals surface area contributed by atoms with Gasteiger partial charge in [0.05, 0.1) is 28.3 Å². The number of carbonyl (C=O) groups excluding carboxylic acids is 1. The van der Waals surface area contributed by atoms with E-state index in [1.54, 1.807) is 24.5 Å². The van der Waals surface area contributed by atoms with Gasteiger partial charge in [-0.25, -0.2) is 4.39 Å². The Morgan fingerprint density at radius 3 is 2.16 bits per heavy atom. The maximum atomic E-state index is 12.5. The van der Waals surface area contributed by atoms with E-state index in [1.165, 1.54) is 17.0 Å². The first-order valence-corrected chi connectivity index (χ1v) is 16.7. The van der Waals surface area contributed by atoms with Gasteiger partial charge in [-0.05, 0) is 70.9 Å². The molecule has 2 fully saturated rings. The zero-order valence-electron chi connectivity index (χ0n) is 24.7. The fourth-order valence-corrected chi connectivity index (χ4v) is 6.87. The summed E-state index contributed by atoms with van der Waals surface area (Å²) in [7, 11) is 0.257. The molecule has 0 aliphatic carbocycles. The quantitative estimate of drug-likeness (QED) is 0.272. The Balaban J connectivity index is 0.000000431. The molecule has 3 heterocycles. The smallest absolute Gasteiger partial charge is 0.399 e. The van der Waals surface area contributed by atoms with E-state index >= 15 is 0 Å². The van der Waals surface area contributed by atoms with Gasteiger partial charge in [0.15, 0.2) is 0 Å². The Morgan fingerprint density at radius 1 is 1.08 bits per heavy atom. The highest BCUT2D eigenvalue weighted by atomic mass is 35.5. The second kappa shape index (κ2) is 15.0. The van der Waals surface area contributed by atoms with E-state index in [1.807, 2.05) is 27.7 Å². The third-order valence-corrected chi connectivity index (χ3v) is 9.50. The highest BCUT2D eigenvalue weighted by Gasteiger charge is 2.52. The van der Waals surface area contributed by atoms with Gasteiger partial charge in [-0.1, -0.05) is 45.4 Å². The summed E-state index contributed by atoms with van der Waals surface area (Å²) in [5.41, 5.74) is 0.152. The van der Waals surface area contributed by atoms with E-state index in [4.69, 9.17) is 20.9 Å². The average Bonchev–Trinajstić information content (AvgIpc) is 3.45. The monoisotopic (exact) mass is 589 g/mol. The lowest BCUT2D eigenvalue weighted by Gasteiger charge is -2.44. The number of aldehydes is 1. The third-order valence-electron chi connectivity index (χ3n) is 6.22. The molecule has 38 heavy (non-hydrogen) atoms. The minimum absolute atomic E-state index is 0.0938. The van der Waals surface area contributed by atoms with Crippen molar-refractivity contribution in [3.8, 4) is 0 Å². The van der Waals surface area contributed by atoms with Gasteiger partial charge in [0.1, 0.15) is 12.1 Å². The largest absolute Gasteiger partial charge is 0.505 e. The lowest BCUT2D eigenvalue weighted by Crippen LogP contribution is -2.47. The molecule has 2 saturated heterocycles. The number of benzene rings is 1. The minimum Gasteiger partial charge on any atom is -0.399 e. The number of carbonyl (C=O) groups is 1. The molecule has 2 aromatic rings. The predicted octanol–water partition coefficient (Wildman–Crippen LogP) is 6.71. The fourth-order valence-electron chi connectivity index (χ4n) is 3.67. The molecular weight excluding hydrogens is 544 g/mol. The number of nitrogens with one attached hydrogen (secondary N) is 3. The van der Waals surface area contributed by atoms with Crippen LogP contribution in [-0.4, -0.2) is 50.2 Å². The van der Waals surface area contributed by atoms with E-state index in [2.05, 4.69) is 67.1 Å². The number of rotatable bonds is 4. The summed E-state index contributed by atoms with van der Waals surface area (Å²) in [5.74, 6) is -0.388. The Hall–Kier alpha value is -1.14. The molecule has 1 aromatic heterocycles. The number of hydrogen-bond donors (Lipinski definition) is 3. The Labute approximate surface area is 240 Å². The van der Waals surface area contributed by atoms with Crippen LogP contribution >= 0.6 is 33.3 Å². The number of anilines is 1. The molecule has 2 atom stereocenters. The molecule has 1 aromatic carbocycles. The molecule has 2 aliphatic heterocycles. The van der Waals surface area contributed by atoms with Crippen LogP contribution in [0.15, 0.2) is 30.3 Å². The SMILES string of the molecule is CC.CC.CC1(C)OB(c2ccc(C3CC(C=O)NS(C)(C)N3)s2)OC1(C)C.CNc1ccc(F)c(Cl)c1. The summed E-state index contributed by atoms with van der Waals surface area (Å²) in [5, 5.41) is 2.99. The van der Waals surface area contributed by atoms with Gasteiger partial charge in [-0.15, -0.1) is 21.7 Å². The van der Waals surface area contributed by atoms with Crippen molar-refractivity contribution < 1.29 is 18.5 Å². The molecule has 11 heteroatoms. The van der Waals surface area contributed by atoms with Crippen LogP contribution in [0.25, 0.3) is 0 Å². The van der Waals surface area contributed by atoms with Gasteiger partial charge < -0.3 is 19.4 Å². The van der Waals surface area contributed by atoms with Crippen LogP contribution in [0.3, 0.4) is 0 Å². The molecule has 6 nitrogen and oxygen atoms in total. The summed E-state index contributed by atoms with van der Waals surface area (Å²) in [4.78, 5) is 12.5. The molecule has 4 rings (SSSR count). The second-order valence-corrected chi connectivity index (χ2v) is 14.5. The van der Waals surface area contributed by atoms with Crippen molar-refractivity contribution in [1.82, 2.24) is 9.44 Å². The summed E-state index contributed by atoms with van der Waals surface area (Å²) >= 11 is 7.19. The van der Waals surface area contributed by atoms with Crippen molar-refractivity contribution in [2.45, 2.75) is 85.1 Å². The molecule has 216 valence electrons. The summed E-state index contributed by atoms with van der Waals surface area (Å²) in [6.45, 7) is 16.3. The Morgan fingerprint density at radius 2 is 1.66 bits per heavy atom. The summed E-state index contributed by atoms with van der Waals surface area (Å²) in [6.07, 6.45) is 6.06. The topological polar surface area (TPSA) is 71.6 Å². The van der Waals surface area contributed by atoms with Crippen molar-refractivity contribution in [3.05, 3.63) is 46.0 Å². The van der Waals surface area contributed by atoms with Gasteiger partial charge in [0.25, 0.3) is 0 Å². The second-order valence-electron chi connectivity index (χ2n) is 9.80.